The predicted octanol–water partition coefficient (Wildman–Crippen LogP) is 3.89. The van der Waals surface area contributed by atoms with Crippen molar-refractivity contribution in [3.05, 3.63) is 59.2 Å². The Morgan fingerprint density at radius 1 is 1.14 bits per heavy atom. The first-order chi connectivity index (χ1) is 10.7. The van der Waals surface area contributed by atoms with Crippen LogP contribution in [0.5, 0.6) is 5.75 Å². The van der Waals surface area contributed by atoms with Gasteiger partial charge in [-0.1, -0.05) is 24.3 Å². The Labute approximate surface area is 131 Å². The zero-order chi connectivity index (χ0) is 15.4. The minimum atomic E-state index is -0.111. The number of aryl methyl sites for hydroxylation is 2. The number of nitrogens with one attached hydrogen (secondary N) is 1. The third-order valence-electron chi connectivity index (χ3n) is 4.03. The van der Waals surface area contributed by atoms with Gasteiger partial charge in [-0.05, 0) is 67.5 Å². The van der Waals surface area contributed by atoms with E-state index in [0.717, 1.165) is 29.8 Å². The Bertz CT molecular complexity index is 679. The molecule has 3 rings (SSSR count). The lowest BCUT2D eigenvalue weighted by Gasteiger charge is -2.19. The first-order valence-corrected chi connectivity index (χ1v) is 7.82. The monoisotopic (exact) mass is 295 g/mol. The summed E-state index contributed by atoms with van der Waals surface area (Å²) in [6.07, 6.45) is 4.59. The van der Waals surface area contributed by atoms with Gasteiger partial charge in [0.15, 0.2) is 6.61 Å². The minimum absolute atomic E-state index is 0.0348. The van der Waals surface area contributed by atoms with Crippen molar-refractivity contribution in [3.63, 3.8) is 0 Å². The quantitative estimate of drug-likeness (QED) is 0.929. The first kappa shape index (κ1) is 14.6. The minimum Gasteiger partial charge on any atom is -0.484 e. The molecule has 114 valence electrons. The normalized spacial score (nSPS) is 13.3. The van der Waals surface area contributed by atoms with Crippen molar-refractivity contribution in [1.29, 1.82) is 0 Å². The van der Waals surface area contributed by atoms with Crippen molar-refractivity contribution in [2.75, 3.05) is 11.9 Å². The van der Waals surface area contributed by atoms with Crippen LogP contribution in [-0.2, 0) is 17.6 Å². The highest BCUT2D eigenvalue weighted by Crippen LogP contribution is 2.27. The number of fused-ring (bicyclic) bond motifs is 1. The van der Waals surface area contributed by atoms with Crippen LogP contribution in [-0.4, -0.2) is 12.5 Å². The molecule has 1 N–H and O–H groups in total. The Morgan fingerprint density at radius 3 is 2.82 bits per heavy atom. The van der Waals surface area contributed by atoms with Gasteiger partial charge in [0, 0.05) is 5.69 Å². The van der Waals surface area contributed by atoms with E-state index in [2.05, 4.69) is 11.4 Å². The lowest BCUT2D eigenvalue weighted by molar-refractivity contribution is -0.118. The Kier molecular flexibility index (Phi) is 4.42. The molecule has 0 aliphatic heterocycles. The number of amides is 1. The van der Waals surface area contributed by atoms with E-state index >= 15 is 0 Å². The number of hydrogen-bond acceptors (Lipinski definition) is 2. The lowest BCUT2D eigenvalue weighted by atomic mass is 9.90. The second-order valence-corrected chi connectivity index (χ2v) is 5.80. The molecule has 0 saturated heterocycles. The SMILES string of the molecule is Cc1cccc(OCC(=O)Nc2cccc3c2CCCC3)c1. The molecule has 0 saturated carbocycles. The average molecular weight is 295 g/mol. The molecule has 0 fully saturated rings. The molecule has 1 aliphatic rings. The zero-order valence-corrected chi connectivity index (χ0v) is 12.9. The molecule has 1 aliphatic carbocycles. The van der Waals surface area contributed by atoms with Gasteiger partial charge in [0.25, 0.3) is 5.91 Å². The van der Waals surface area contributed by atoms with Gasteiger partial charge in [-0.15, -0.1) is 0 Å². The number of hydrogen-bond donors (Lipinski definition) is 1. The third kappa shape index (κ3) is 3.48. The second kappa shape index (κ2) is 6.65. The third-order valence-corrected chi connectivity index (χ3v) is 4.03. The van der Waals surface area contributed by atoms with Crippen LogP contribution < -0.4 is 10.1 Å². The summed E-state index contributed by atoms with van der Waals surface area (Å²) in [5.41, 5.74) is 4.71. The first-order valence-electron chi connectivity index (χ1n) is 7.82. The van der Waals surface area contributed by atoms with Crippen LogP contribution in [0.15, 0.2) is 42.5 Å². The van der Waals surface area contributed by atoms with Crippen LogP contribution in [0.25, 0.3) is 0 Å². The van der Waals surface area contributed by atoms with E-state index in [1.54, 1.807) is 0 Å². The molecule has 3 heteroatoms. The number of ether oxygens (including phenoxy) is 1. The van der Waals surface area contributed by atoms with Gasteiger partial charge in [0.1, 0.15) is 5.75 Å². The standard InChI is InChI=1S/C19H21NO2/c1-14-6-4-9-16(12-14)22-13-19(21)20-18-11-5-8-15-7-2-3-10-17(15)18/h4-6,8-9,11-12H,2-3,7,10,13H2,1H3,(H,20,21). The van der Waals surface area contributed by atoms with Crippen LogP contribution in [0.2, 0.25) is 0 Å². The predicted molar refractivity (Wildman–Crippen MR) is 88.4 cm³/mol. The molecular formula is C19H21NO2. The topological polar surface area (TPSA) is 38.3 Å². The Balaban J connectivity index is 1.62. The summed E-state index contributed by atoms with van der Waals surface area (Å²) in [4.78, 5) is 12.1. The molecule has 0 aromatic heterocycles. The van der Waals surface area contributed by atoms with Gasteiger partial charge in [-0.3, -0.25) is 4.79 Å². The molecule has 22 heavy (non-hydrogen) atoms. The number of carbonyl (C=O) groups excluding carboxylic acids is 1. The highest BCUT2D eigenvalue weighted by molar-refractivity contribution is 5.92. The zero-order valence-electron chi connectivity index (χ0n) is 12.9. The largest absolute Gasteiger partial charge is 0.484 e. The molecule has 0 heterocycles. The number of benzene rings is 2. The summed E-state index contributed by atoms with van der Waals surface area (Å²) in [6.45, 7) is 2.04. The fourth-order valence-corrected chi connectivity index (χ4v) is 2.94. The molecular weight excluding hydrogens is 274 g/mol. The summed E-state index contributed by atoms with van der Waals surface area (Å²) in [6, 6.07) is 13.9. The van der Waals surface area contributed by atoms with Crippen molar-refractivity contribution in [1.82, 2.24) is 0 Å². The van der Waals surface area contributed by atoms with E-state index in [9.17, 15) is 4.79 Å². The maximum atomic E-state index is 12.1. The van der Waals surface area contributed by atoms with E-state index in [1.807, 2.05) is 43.3 Å². The van der Waals surface area contributed by atoms with Gasteiger partial charge in [-0.2, -0.15) is 0 Å². The summed E-state index contributed by atoms with van der Waals surface area (Å²) >= 11 is 0. The Hall–Kier alpha value is -2.29. The van der Waals surface area contributed by atoms with Gasteiger partial charge in [-0.25, -0.2) is 0 Å². The van der Waals surface area contributed by atoms with Crippen LogP contribution in [0.4, 0.5) is 5.69 Å². The highest BCUT2D eigenvalue weighted by atomic mass is 16.5. The van der Waals surface area contributed by atoms with Crippen LogP contribution in [0.3, 0.4) is 0 Å². The lowest BCUT2D eigenvalue weighted by Crippen LogP contribution is -2.21. The van der Waals surface area contributed by atoms with Gasteiger partial charge < -0.3 is 10.1 Å². The molecule has 0 radical (unpaired) electrons. The van der Waals surface area contributed by atoms with E-state index < -0.39 is 0 Å². The van der Waals surface area contributed by atoms with Gasteiger partial charge >= 0.3 is 0 Å². The average Bonchev–Trinajstić information content (AvgIpc) is 2.53. The molecule has 2 aromatic rings. The van der Waals surface area contributed by atoms with E-state index in [4.69, 9.17) is 4.74 Å². The van der Waals surface area contributed by atoms with Crippen molar-refractivity contribution in [2.45, 2.75) is 32.6 Å². The number of rotatable bonds is 4. The maximum absolute atomic E-state index is 12.1. The second-order valence-electron chi connectivity index (χ2n) is 5.80. The molecule has 3 nitrogen and oxygen atoms in total. The molecule has 0 spiro atoms. The van der Waals surface area contributed by atoms with Gasteiger partial charge in [0.05, 0.1) is 0 Å². The van der Waals surface area contributed by atoms with Gasteiger partial charge in [0.2, 0.25) is 0 Å². The number of anilines is 1. The summed E-state index contributed by atoms with van der Waals surface area (Å²) in [7, 11) is 0. The van der Waals surface area contributed by atoms with Crippen molar-refractivity contribution in [3.8, 4) is 5.75 Å². The highest BCUT2D eigenvalue weighted by Gasteiger charge is 2.14. The number of carbonyl (C=O) groups is 1. The maximum Gasteiger partial charge on any atom is 0.262 e. The fourth-order valence-electron chi connectivity index (χ4n) is 2.94. The summed E-state index contributed by atoms with van der Waals surface area (Å²) < 4.78 is 5.55. The van der Waals surface area contributed by atoms with Crippen molar-refractivity contribution in [2.24, 2.45) is 0 Å². The van der Waals surface area contributed by atoms with E-state index in [1.165, 1.54) is 24.0 Å². The van der Waals surface area contributed by atoms with E-state index in [0.29, 0.717) is 0 Å². The van der Waals surface area contributed by atoms with E-state index in [-0.39, 0.29) is 12.5 Å². The summed E-state index contributed by atoms with van der Waals surface area (Å²) in [5, 5.41) is 2.99. The molecule has 2 aromatic carbocycles. The molecule has 1 amide bonds. The fraction of sp³-hybridized carbons (Fsp3) is 0.316. The molecule has 0 unspecified atom stereocenters. The van der Waals surface area contributed by atoms with Crippen LogP contribution >= 0.6 is 0 Å². The Morgan fingerprint density at radius 2 is 1.95 bits per heavy atom. The molecule has 0 bridgehead atoms. The summed E-state index contributed by atoms with van der Waals surface area (Å²) in [5.74, 6) is 0.616. The molecule has 0 atom stereocenters. The van der Waals surface area contributed by atoms with Crippen LogP contribution in [0.1, 0.15) is 29.5 Å². The van der Waals surface area contributed by atoms with Crippen molar-refractivity contribution >= 4 is 11.6 Å². The van der Waals surface area contributed by atoms with Crippen LogP contribution in [0, 0.1) is 6.92 Å². The smallest absolute Gasteiger partial charge is 0.262 e. The van der Waals surface area contributed by atoms with Crippen molar-refractivity contribution < 1.29 is 9.53 Å².